The molecule has 18 heavy (non-hydrogen) atoms. The number of hydrogen-bond donors (Lipinski definition) is 2. The van der Waals surface area contributed by atoms with Crippen molar-refractivity contribution in [2.24, 2.45) is 0 Å². The number of nitrogens with zero attached hydrogens (tertiary/aromatic N) is 1. The maximum atomic E-state index is 11.5. The third-order valence-electron chi connectivity index (χ3n) is 2.68. The Labute approximate surface area is 108 Å². The Hall–Kier alpha value is -1.86. The Balaban J connectivity index is 2.36. The largest absolute Gasteiger partial charge is 0.354 e. The van der Waals surface area contributed by atoms with Gasteiger partial charge in [-0.05, 0) is 12.0 Å². The van der Waals surface area contributed by atoms with E-state index in [1.165, 1.54) is 5.56 Å². The van der Waals surface area contributed by atoms with E-state index in [1.54, 1.807) is 0 Å². The topological polar surface area (TPSA) is 64.9 Å². The van der Waals surface area contributed by atoms with Gasteiger partial charge in [-0.25, -0.2) is 0 Å². The zero-order valence-corrected chi connectivity index (χ0v) is 10.6. The smallest absolute Gasteiger partial charge is 0.234 e. The van der Waals surface area contributed by atoms with E-state index < -0.39 is 0 Å². The van der Waals surface area contributed by atoms with E-state index in [4.69, 9.17) is 5.26 Å². The molecule has 0 bridgehead atoms. The first-order valence-electron chi connectivity index (χ1n) is 6.20. The van der Waals surface area contributed by atoms with Crippen molar-refractivity contribution in [3.05, 3.63) is 35.9 Å². The average Bonchev–Trinajstić information content (AvgIpc) is 2.41. The van der Waals surface area contributed by atoms with Gasteiger partial charge < -0.3 is 10.6 Å². The van der Waals surface area contributed by atoms with Crippen molar-refractivity contribution in [3.63, 3.8) is 0 Å². The van der Waals surface area contributed by atoms with Crippen LogP contribution < -0.4 is 10.6 Å². The minimum atomic E-state index is -0.0698. The fraction of sp³-hybridized carbons (Fsp3) is 0.429. The van der Waals surface area contributed by atoms with Gasteiger partial charge in [0.05, 0.1) is 19.0 Å². The maximum Gasteiger partial charge on any atom is 0.234 e. The number of benzene rings is 1. The normalized spacial score (nSPS) is 11.6. The summed E-state index contributed by atoms with van der Waals surface area (Å²) in [4.78, 5) is 11.5. The molecule has 1 aromatic carbocycles. The molecule has 1 unspecified atom stereocenters. The van der Waals surface area contributed by atoms with Crippen LogP contribution >= 0.6 is 0 Å². The zero-order chi connectivity index (χ0) is 13.2. The summed E-state index contributed by atoms with van der Waals surface area (Å²) < 4.78 is 0. The molecule has 0 spiro atoms. The Morgan fingerprint density at radius 1 is 1.39 bits per heavy atom. The van der Waals surface area contributed by atoms with E-state index in [-0.39, 0.29) is 18.5 Å². The molecule has 1 amide bonds. The van der Waals surface area contributed by atoms with E-state index in [1.807, 2.05) is 24.3 Å². The van der Waals surface area contributed by atoms with Crippen LogP contribution in [0.3, 0.4) is 0 Å². The highest BCUT2D eigenvalue weighted by Gasteiger charge is 2.09. The van der Waals surface area contributed by atoms with Crippen LogP contribution in [0.25, 0.3) is 0 Å². The van der Waals surface area contributed by atoms with Gasteiger partial charge in [0, 0.05) is 12.6 Å². The monoisotopic (exact) mass is 245 g/mol. The van der Waals surface area contributed by atoms with Gasteiger partial charge in [0.25, 0.3) is 0 Å². The lowest BCUT2D eigenvalue weighted by Crippen LogP contribution is -2.36. The van der Waals surface area contributed by atoms with E-state index in [9.17, 15) is 4.79 Å². The Bertz CT molecular complexity index is 397. The molecule has 4 nitrogen and oxygen atoms in total. The highest BCUT2D eigenvalue weighted by Crippen LogP contribution is 2.15. The number of carbonyl (C=O) groups excluding carboxylic acids is 1. The molecule has 0 aliphatic heterocycles. The van der Waals surface area contributed by atoms with E-state index in [2.05, 4.69) is 29.7 Å². The summed E-state index contributed by atoms with van der Waals surface area (Å²) >= 11 is 0. The molecule has 0 aromatic heterocycles. The van der Waals surface area contributed by atoms with Gasteiger partial charge in [0.1, 0.15) is 0 Å². The molecule has 0 heterocycles. The van der Waals surface area contributed by atoms with Gasteiger partial charge in [0.15, 0.2) is 0 Å². The van der Waals surface area contributed by atoms with Crippen LogP contribution in [0.4, 0.5) is 0 Å². The molecule has 96 valence electrons. The van der Waals surface area contributed by atoms with Gasteiger partial charge in [-0.3, -0.25) is 4.79 Å². The van der Waals surface area contributed by atoms with E-state index >= 15 is 0 Å². The van der Waals surface area contributed by atoms with Crippen LogP contribution in [-0.2, 0) is 4.79 Å². The minimum absolute atomic E-state index is 0.0698. The van der Waals surface area contributed by atoms with Crippen molar-refractivity contribution in [1.82, 2.24) is 10.6 Å². The number of nitrogens with one attached hydrogen (secondary N) is 2. The maximum absolute atomic E-state index is 11.5. The first kappa shape index (κ1) is 14.2. The SMILES string of the molecule is CCC(NCC(=O)NCCC#N)c1ccccc1. The lowest BCUT2D eigenvalue weighted by Gasteiger charge is -2.17. The second-order valence-electron chi connectivity index (χ2n) is 4.01. The molecule has 1 atom stereocenters. The number of rotatable bonds is 7. The molecular formula is C14H19N3O. The molecule has 0 radical (unpaired) electrons. The van der Waals surface area contributed by atoms with Gasteiger partial charge in [-0.2, -0.15) is 5.26 Å². The van der Waals surface area contributed by atoms with Crippen LogP contribution in [0.15, 0.2) is 30.3 Å². The summed E-state index contributed by atoms with van der Waals surface area (Å²) in [5.74, 6) is -0.0698. The van der Waals surface area contributed by atoms with Crippen molar-refractivity contribution < 1.29 is 4.79 Å². The summed E-state index contributed by atoms with van der Waals surface area (Å²) in [6.07, 6.45) is 1.27. The quantitative estimate of drug-likeness (QED) is 0.719. The Morgan fingerprint density at radius 2 is 2.11 bits per heavy atom. The van der Waals surface area contributed by atoms with Crippen molar-refractivity contribution in [3.8, 4) is 6.07 Å². The van der Waals surface area contributed by atoms with E-state index in [0.717, 1.165) is 6.42 Å². The van der Waals surface area contributed by atoms with Crippen LogP contribution in [0, 0.1) is 11.3 Å². The Kier molecular flexibility index (Phi) is 6.52. The van der Waals surface area contributed by atoms with Crippen molar-refractivity contribution in [1.29, 1.82) is 5.26 Å². The molecule has 0 saturated carbocycles. The van der Waals surface area contributed by atoms with Crippen LogP contribution in [0.1, 0.15) is 31.4 Å². The summed E-state index contributed by atoms with van der Waals surface area (Å²) in [5, 5.41) is 14.3. The predicted octanol–water partition coefficient (Wildman–Crippen LogP) is 1.76. The molecule has 0 aliphatic rings. The molecule has 1 aromatic rings. The number of carbonyl (C=O) groups is 1. The lowest BCUT2D eigenvalue weighted by atomic mass is 10.0. The summed E-state index contributed by atoms with van der Waals surface area (Å²) in [7, 11) is 0. The van der Waals surface area contributed by atoms with E-state index in [0.29, 0.717) is 13.0 Å². The highest BCUT2D eigenvalue weighted by molar-refractivity contribution is 5.78. The summed E-state index contributed by atoms with van der Waals surface area (Å²) in [5.41, 5.74) is 1.19. The van der Waals surface area contributed by atoms with Crippen LogP contribution in [0.5, 0.6) is 0 Å². The number of amides is 1. The van der Waals surface area contributed by atoms with Crippen molar-refractivity contribution in [2.75, 3.05) is 13.1 Å². The standard InChI is InChI=1S/C14H19N3O/c1-2-13(12-7-4-3-5-8-12)17-11-14(18)16-10-6-9-15/h3-5,7-8,13,17H,2,6,10-11H2,1H3,(H,16,18). The second-order valence-corrected chi connectivity index (χ2v) is 4.01. The molecule has 1 rings (SSSR count). The predicted molar refractivity (Wildman–Crippen MR) is 70.7 cm³/mol. The fourth-order valence-electron chi connectivity index (χ4n) is 1.72. The van der Waals surface area contributed by atoms with Gasteiger partial charge >= 0.3 is 0 Å². The third kappa shape index (κ3) is 4.98. The minimum Gasteiger partial charge on any atom is -0.354 e. The zero-order valence-electron chi connectivity index (χ0n) is 10.6. The van der Waals surface area contributed by atoms with Gasteiger partial charge in [-0.1, -0.05) is 37.3 Å². The first-order valence-corrected chi connectivity index (χ1v) is 6.20. The Morgan fingerprint density at radius 3 is 2.72 bits per heavy atom. The summed E-state index contributed by atoms with van der Waals surface area (Å²) in [6, 6.07) is 12.2. The number of hydrogen-bond acceptors (Lipinski definition) is 3. The number of nitriles is 1. The van der Waals surface area contributed by atoms with Gasteiger partial charge in [0.2, 0.25) is 5.91 Å². The van der Waals surface area contributed by atoms with Gasteiger partial charge in [-0.15, -0.1) is 0 Å². The van der Waals surface area contributed by atoms with Crippen LogP contribution in [0.2, 0.25) is 0 Å². The molecule has 0 saturated heterocycles. The summed E-state index contributed by atoms with van der Waals surface area (Å²) in [6.45, 7) is 2.77. The average molecular weight is 245 g/mol. The molecular weight excluding hydrogens is 226 g/mol. The molecule has 4 heteroatoms. The van der Waals surface area contributed by atoms with Crippen molar-refractivity contribution >= 4 is 5.91 Å². The fourth-order valence-corrected chi connectivity index (χ4v) is 1.72. The van der Waals surface area contributed by atoms with Crippen LogP contribution in [-0.4, -0.2) is 19.0 Å². The highest BCUT2D eigenvalue weighted by atomic mass is 16.1. The second kappa shape index (κ2) is 8.26. The van der Waals surface area contributed by atoms with Crippen molar-refractivity contribution in [2.45, 2.75) is 25.8 Å². The first-order chi connectivity index (χ1) is 8.77. The molecule has 0 aliphatic carbocycles. The third-order valence-corrected chi connectivity index (χ3v) is 2.68. The molecule has 2 N–H and O–H groups in total. The lowest BCUT2D eigenvalue weighted by molar-refractivity contribution is -0.120. The molecule has 0 fully saturated rings.